The van der Waals surface area contributed by atoms with E-state index >= 15 is 0 Å². The third-order valence-corrected chi connectivity index (χ3v) is 15.7. The predicted molar refractivity (Wildman–Crippen MR) is 278 cm³/mol. The second-order valence-corrected chi connectivity index (χ2v) is 21.4. The number of esters is 1. The highest BCUT2D eigenvalue weighted by molar-refractivity contribution is 6.22. The molecule has 17 nitrogen and oxygen atoms in total. The molecule has 17 heteroatoms. The monoisotopic (exact) mass is 1010 g/mol. The summed E-state index contributed by atoms with van der Waals surface area (Å²) in [6.07, 6.45) is 5.74. The molecule has 0 radical (unpaired) electrons. The number of carbonyl (C=O) groups excluding carboxylic acids is 3. The first kappa shape index (κ1) is 54.9. The third kappa shape index (κ3) is 11.2. The standard InChI is InChI=1S/C56H74N4O13/c1-30-15-14-16-31(2)54(66)59-46-49(64)43-42(45-52(46)72-41-29-38(17-18-39(41)58-45)69-27-21-57-20-26-68-28-24-60(22-23-60)55(9,10)11)44-51(36(7)48(43)63)73-56(12,53(44)65)70-25-19-40(67-13)35(6)50(71-37(8)61)34(5)32(3)33(4)47(30)62/h14-19,25,29-30,32-35,40,47,50,57,62H,20-24,26-28H2,1-13H3,(H-,58,59,63,64,65,66)/p+1/b15-14+,25-19+,31-16-/t30-,32+,33-,34+,35+,40-,47-,50-,56-/m0/s1. The zero-order valence-electron chi connectivity index (χ0n) is 44.7. The number of nitrogens with zero attached hydrogens (tertiary/aromatic N) is 2. The van der Waals surface area contributed by atoms with Crippen LogP contribution in [0.15, 0.2) is 63.6 Å². The van der Waals surface area contributed by atoms with E-state index in [1.807, 2.05) is 34.6 Å². The summed E-state index contributed by atoms with van der Waals surface area (Å²) in [6.45, 7) is 28.6. The van der Waals surface area contributed by atoms with Gasteiger partial charge >= 0.3 is 11.8 Å². The van der Waals surface area contributed by atoms with Gasteiger partial charge in [-0.2, -0.15) is 0 Å². The van der Waals surface area contributed by atoms with Crippen LogP contribution in [0.5, 0.6) is 17.2 Å². The Morgan fingerprint density at radius 1 is 0.973 bits per heavy atom. The van der Waals surface area contributed by atoms with Crippen LogP contribution in [0.25, 0.3) is 33.3 Å². The van der Waals surface area contributed by atoms with Crippen LogP contribution in [0.4, 0.5) is 5.69 Å². The van der Waals surface area contributed by atoms with Gasteiger partial charge in [0.15, 0.2) is 11.3 Å². The van der Waals surface area contributed by atoms with E-state index in [0.717, 1.165) is 11.0 Å². The zero-order chi connectivity index (χ0) is 53.3. The average molecular weight is 1010 g/mol. The SMILES string of the molecule is CO[C@H]1/C=C/O[C@@]2(C)Oc3c(C)c(O)c4c(=O)c(c5oc6cc(OCCNCCOCC[N+]7(C(C)(C)C)CC7)ccc6nc-5c4c3C2=O)NC(=O)/C(C)=C\C=C\[C@H](C)[C@H](O)[C@@H](C)[C@@H](C)[C@@H](C)[C@H](OC(C)=O)[C@@H]1C. The van der Waals surface area contributed by atoms with Crippen LogP contribution in [0, 0.1) is 36.5 Å². The number of phenolic OH excluding ortho intramolecular Hbond substituents is 1. The van der Waals surface area contributed by atoms with Crippen LogP contribution in [0.3, 0.4) is 0 Å². The number of nitrogens with one attached hydrogen (secondary N) is 2. The number of methoxy groups -OCH3 is 1. The molecule has 4 aliphatic heterocycles. The fourth-order valence-electron chi connectivity index (χ4n) is 10.3. The molecule has 4 bridgehead atoms. The van der Waals surface area contributed by atoms with Crippen molar-refractivity contribution in [2.24, 2.45) is 29.6 Å². The van der Waals surface area contributed by atoms with Gasteiger partial charge in [-0.15, -0.1) is 0 Å². The van der Waals surface area contributed by atoms with E-state index in [-0.39, 0.29) is 85.2 Å². The van der Waals surface area contributed by atoms with Gasteiger partial charge in [-0.25, -0.2) is 4.98 Å². The number of hydrogen-bond acceptors (Lipinski definition) is 15. The molecule has 0 saturated carbocycles. The Morgan fingerprint density at radius 3 is 2.36 bits per heavy atom. The normalized spacial score (nSPS) is 28.3. The second-order valence-electron chi connectivity index (χ2n) is 21.4. The van der Waals surface area contributed by atoms with E-state index in [9.17, 15) is 29.4 Å². The molecular weight excluding hydrogens is 937 g/mol. The molecule has 4 N–H and O–H groups in total. The summed E-state index contributed by atoms with van der Waals surface area (Å²) in [5, 5.41) is 29.2. The first-order valence-corrected chi connectivity index (χ1v) is 25.4. The molecular formula is C56H75N4O13+. The number of aliphatic hydroxyl groups is 1. The van der Waals surface area contributed by atoms with Gasteiger partial charge in [0.05, 0.1) is 48.2 Å². The number of hydrogen-bond donors (Lipinski definition) is 4. The van der Waals surface area contributed by atoms with Gasteiger partial charge in [0.2, 0.25) is 5.43 Å². The van der Waals surface area contributed by atoms with Crippen molar-refractivity contribution in [1.29, 1.82) is 0 Å². The number of ether oxygens (including phenoxy) is 6. The van der Waals surface area contributed by atoms with Gasteiger partial charge in [0.1, 0.15) is 66.5 Å². The number of benzene rings is 3. The Labute approximate surface area is 427 Å². The molecule has 0 spiro atoms. The molecule has 1 saturated heterocycles. The van der Waals surface area contributed by atoms with Crippen molar-refractivity contribution < 1.29 is 61.9 Å². The summed E-state index contributed by atoms with van der Waals surface area (Å²) < 4.78 is 43.9. The number of aliphatic hydroxyl groups excluding tert-OH is 1. The minimum absolute atomic E-state index is 0.00789. The molecule has 2 aromatic carbocycles. The molecule has 1 amide bonds. The summed E-state index contributed by atoms with van der Waals surface area (Å²) in [6, 6.07) is 5.03. The van der Waals surface area contributed by atoms with Crippen LogP contribution in [-0.2, 0) is 28.5 Å². The van der Waals surface area contributed by atoms with Crippen molar-refractivity contribution in [2.45, 2.75) is 113 Å². The van der Waals surface area contributed by atoms with Crippen LogP contribution in [0.2, 0.25) is 0 Å². The lowest BCUT2D eigenvalue weighted by molar-refractivity contribution is -0.851. The van der Waals surface area contributed by atoms with E-state index in [2.05, 4.69) is 31.4 Å². The van der Waals surface area contributed by atoms with Crippen LogP contribution in [-0.4, -0.2) is 127 Å². The molecule has 7 rings (SSSR count). The van der Waals surface area contributed by atoms with E-state index in [4.69, 9.17) is 37.8 Å². The number of rotatable bonds is 12. The number of aromatic nitrogens is 1. The minimum Gasteiger partial charge on any atom is -0.507 e. The molecule has 2 aromatic rings. The zero-order valence-corrected chi connectivity index (χ0v) is 44.7. The fourth-order valence-corrected chi connectivity index (χ4v) is 10.3. The summed E-state index contributed by atoms with van der Waals surface area (Å²) in [7, 11) is 1.51. The lowest BCUT2D eigenvalue weighted by atomic mass is 9.73. The van der Waals surface area contributed by atoms with Crippen molar-refractivity contribution >= 4 is 45.2 Å². The quantitative estimate of drug-likeness (QED) is 0.0266. The number of amides is 1. The molecule has 0 aromatic heterocycles. The van der Waals surface area contributed by atoms with Crippen molar-refractivity contribution in [3.8, 4) is 28.7 Å². The highest BCUT2D eigenvalue weighted by Gasteiger charge is 2.52. The maximum absolute atomic E-state index is 14.9. The van der Waals surface area contributed by atoms with Crippen molar-refractivity contribution in [1.82, 2.24) is 10.3 Å². The maximum atomic E-state index is 14.9. The second kappa shape index (κ2) is 21.9. The number of allylic oxidation sites excluding steroid dienone is 2. The minimum atomic E-state index is -2.01. The summed E-state index contributed by atoms with van der Waals surface area (Å²) in [5.74, 6) is -5.53. The lowest BCUT2D eigenvalue weighted by Gasteiger charge is -2.39. The van der Waals surface area contributed by atoms with Crippen LogP contribution >= 0.6 is 0 Å². The van der Waals surface area contributed by atoms with Crippen LogP contribution < -0.4 is 25.5 Å². The maximum Gasteiger partial charge on any atom is 0.312 e. The molecule has 5 aliphatic rings. The molecule has 4 heterocycles. The number of fused-ring (bicyclic) bond motifs is 2. The molecule has 1 aliphatic carbocycles. The number of carbonyl (C=O) groups is 3. The molecule has 9 atom stereocenters. The van der Waals surface area contributed by atoms with E-state index in [1.54, 1.807) is 49.4 Å². The highest BCUT2D eigenvalue weighted by atomic mass is 16.7. The summed E-state index contributed by atoms with van der Waals surface area (Å²) >= 11 is 0. The van der Waals surface area contributed by atoms with Gasteiger partial charge in [-0.3, -0.25) is 19.2 Å². The van der Waals surface area contributed by atoms with E-state index < -0.39 is 58.9 Å². The Bertz CT molecular complexity index is 2840. The summed E-state index contributed by atoms with van der Waals surface area (Å²) in [5.41, 5.74) is -0.192. The van der Waals surface area contributed by atoms with Gasteiger partial charge < -0.3 is 58.2 Å². The lowest BCUT2D eigenvalue weighted by Crippen LogP contribution is -2.46. The van der Waals surface area contributed by atoms with Gasteiger partial charge in [-0.05, 0) is 70.6 Å². The number of aromatic hydroxyl groups is 1. The number of Topliss-reactive ketones (excluding diaryl/α,β-unsaturated/α-hetero) is 1. The highest BCUT2D eigenvalue weighted by Crippen LogP contribution is 2.50. The topological polar surface area (TPSA) is 214 Å². The summed E-state index contributed by atoms with van der Waals surface area (Å²) in [4.78, 5) is 61.2. The number of quaternary nitrogens is 1. The van der Waals surface area contributed by atoms with Gasteiger partial charge in [-0.1, -0.05) is 52.8 Å². The van der Waals surface area contributed by atoms with Crippen molar-refractivity contribution in [2.75, 3.05) is 65.0 Å². The van der Waals surface area contributed by atoms with E-state index in [0.29, 0.717) is 44.2 Å². The average Bonchev–Trinajstić information content (AvgIpc) is 4.11. The predicted octanol–water partition coefficient (Wildman–Crippen LogP) is 7.84. The smallest absolute Gasteiger partial charge is 0.312 e. The molecule has 396 valence electrons. The Morgan fingerprint density at radius 2 is 1.68 bits per heavy atom. The Hall–Kier alpha value is -5.85. The molecule has 1 fully saturated rings. The number of ketones is 1. The first-order valence-electron chi connectivity index (χ1n) is 25.4. The Kier molecular flexibility index (Phi) is 16.5. The Balaban J connectivity index is 1.25. The van der Waals surface area contributed by atoms with E-state index in [1.165, 1.54) is 47.2 Å². The van der Waals surface area contributed by atoms with Crippen molar-refractivity contribution in [3.63, 3.8) is 0 Å². The molecule has 0 unspecified atom stereocenters. The van der Waals surface area contributed by atoms with Crippen LogP contribution in [0.1, 0.15) is 92.1 Å². The number of phenols is 1. The molecule has 73 heavy (non-hydrogen) atoms. The largest absolute Gasteiger partial charge is 0.507 e. The fraction of sp³-hybridized carbons (Fsp3) is 0.554. The van der Waals surface area contributed by atoms with Crippen molar-refractivity contribution in [3.05, 3.63) is 75.7 Å². The first-order chi connectivity index (χ1) is 34.4. The van der Waals surface area contributed by atoms with Gasteiger partial charge in [0, 0.05) is 68.5 Å². The number of anilines is 1. The third-order valence-electron chi connectivity index (χ3n) is 15.7. The van der Waals surface area contributed by atoms with Gasteiger partial charge in [0.25, 0.3) is 11.7 Å².